The highest BCUT2D eigenvalue weighted by Gasteiger charge is 2.32. The second-order valence-corrected chi connectivity index (χ2v) is 5.33. The van der Waals surface area contributed by atoms with Crippen LogP contribution < -0.4 is 10.2 Å². The van der Waals surface area contributed by atoms with Crippen LogP contribution in [0.5, 0.6) is 0 Å². The second-order valence-electron chi connectivity index (χ2n) is 5.33. The molecule has 5 nitrogen and oxygen atoms in total. The maximum Gasteiger partial charge on any atom is 0.249 e. The van der Waals surface area contributed by atoms with Gasteiger partial charge in [0.25, 0.3) is 0 Å². The van der Waals surface area contributed by atoms with E-state index in [9.17, 15) is 4.79 Å². The van der Waals surface area contributed by atoms with E-state index in [1.165, 1.54) is 5.56 Å². The summed E-state index contributed by atoms with van der Waals surface area (Å²) in [4.78, 5) is 22.7. The van der Waals surface area contributed by atoms with E-state index in [1.54, 1.807) is 6.20 Å². The molecule has 1 fully saturated rings. The second kappa shape index (κ2) is 5.52. The summed E-state index contributed by atoms with van der Waals surface area (Å²) in [5.41, 5.74) is 3.02. The van der Waals surface area contributed by atoms with E-state index < -0.39 is 0 Å². The first-order chi connectivity index (χ1) is 10.1. The Labute approximate surface area is 124 Å². The van der Waals surface area contributed by atoms with Crippen molar-refractivity contribution in [2.24, 2.45) is 0 Å². The summed E-state index contributed by atoms with van der Waals surface area (Å²) in [6, 6.07) is 9.59. The Morgan fingerprint density at radius 3 is 2.67 bits per heavy atom. The van der Waals surface area contributed by atoms with Gasteiger partial charge in [-0.3, -0.25) is 4.79 Å². The van der Waals surface area contributed by atoms with Crippen molar-refractivity contribution in [3.63, 3.8) is 0 Å². The summed E-state index contributed by atoms with van der Waals surface area (Å²) in [5.74, 6) is 0.586. The minimum absolute atomic E-state index is 0.0731. The van der Waals surface area contributed by atoms with Crippen molar-refractivity contribution < 1.29 is 4.79 Å². The first kappa shape index (κ1) is 13.5. The predicted octanol–water partition coefficient (Wildman–Crippen LogP) is 2.31. The number of carbonyl (C=O) groups is 1. The van der Waals surface area contributed by atoms with Crippen LogP contribution in [-0.4, -0.2) is 28.5 Å². The first-order valence-corrected chi connectivity index (χ1v) is 7.08. The van der Waals surface area contributed by atoms with Gasteiger partial charge in [0.1, 0.15) is 6.04 Å². The van der Waals surface area contributed by atoms with Crippen LogP contribution >= 0.6 is 0 Å². The van der Waals surface area contributed by atoms with Gasteiger partial charge in [-0.2, -0.15) is 0 Å². The molecule has 2 heterocycles. The number of aromatic nitrogens is 2. The van der Waals surface area contributed by atoms with Crippen molar-refractivity contribution in [2.75, 3.05) is 16.8 Å². The Morgan fingerprint density at radius 2 is 1.95 bits per heavy atom. The number of nitrogens with one attached hydrogen (secondary N) is 1. The number of aryl methyl sites for hydroxylation is 2. The number of hydrogen-bond donors (Lipinski definition) is 1. The van der Waals surface area contributed by atoms with E-state index in [1.807, 2.05) is 49.1 Å². The molecule has 0 aliphatic carbocycles. The van der Waals surface area contributed by atoms with Crippen LogP contribution in [-0.2, 0) is 4.79 Å². The lowest BCUT2D eigenvalue weighted by Crippen LogP contribution is -2.33. The zero-order valence-electron chi connectivity index (χ0n) is 12.2. The summed E-state index contributed by atoms with van der Waals surface area (Å²) in [6.45, 7) is 4.66. The Morgan fingerprint density at radius 1 is 1.19 bits per heavy atom. The normalized spacial score (nSPS) is 18.1. The minimum Gasteiger partial charge on any atom is -0.342 e. The van der Waals surface area contributed by atoms with Crippen LogP contribution in [0.25, 0.3) is 0 Å². The SMILES string of the molecule is Cc1ccc(N2CCC(Nc3nccc(C)n3)C2=O)cc1. The lowest BCUT2D eigenvalue weighted by Gasteiger charge is -2.17. The summed E-state index contributed by atoms with van der Waals surface area (Å²) < 4.78 is 0. The van der Waals surface area contributed by atoms with Gasteiger partial charge >= 0.3 is 0 Å². The molecule has 0 bridgehead atoms. The Bertz CT molecular complexity index is 654. The summed E-state index contributed by atoms with van der Waals surface area (Å²) in [7, 11) is 0. The first-order valence-electron chi connectivity index (χ1n) is 7.08. The van der Waals surface area contributed by atoms with Gasteiger partial charge in [-0.15, -0.1) is 0 Å². The van der Waals surface area contributed by atoms with Gasteiger partial charge < -0.3 is 10.2 Å². The molecule has 1 aliphatic heterocycles. The van der Waals surface area contributed by atoms with Crippen LogP contribution in [0.1, 0.15) is 17.7 Å². The zero-order chi connectivity index (χ0) is 14.8. The molecule has 108 valence electrons. The van der Waals surface area contributed by atoms with E-state index in [2.05, 4.69) is 15.3 Å². The molecule has 1 saturated heterocycles. The molecule has 1 N–H and O–H groups in total. The van der Waals surface area contributed by atoms with Crippen LogP contribution in [0.15, 0.2) is 36.5 Å². The molecule has 3 rings (SSSR count). The van der Waals surface area contributed by atoms with Crippen molar-refractivity contribution in [3.8, 4) is 0 Å². The van der Waals surface area contributed by atoms with Crippen molar-refractivity contribution >= 4 is 17.5 Å². The minimum atomic E-state index is -0.256. The molecule has 1 amide bonds. The number of nitrogens with zero attached hydrogens (tertiary/aromatic N) is 3. The van der Waals surface area contributed by atoms with Crippen LogP contribution in [0.4, 0.5) is 11.6 Å². The zero-order valence-corrected chi connectivity index (χ0v) is 12.2. The van der Waals surface area contributed by atoms with Gasteiger partial charge in [0.2, 0.25) is 11.9 Å². The standard InChI is InChI=1S/C16H18N4O/c1-11-3-5-13(6-4-11)20-10-8-14(15(20)21)19-16-17-9-7-12(2)18-16/h3-7,9,14H,8,10H2,1-2H3,(H,17,18,19). The molecular formula is C16H18N4O. The molecule has 1 aliphatic rings. The van der Waals surface area contributed by atoms with Gasteiger partial charge in [0, 0.05) is 24.1 Å². The van der Waals surface area contributed by atoms with Crippen LogP contribution in [0, 0.1) is 13.8 Å². The predicted molar refractivity (Wildman–Crippen MR) is 82.3 cm³/mol. The molecule has 5 heteroatoms. The maximum absolute atomic E-state index is 12.5. The van der Waals surface area contributed by atoms with E-state index in [4.69, 9.17) is 0 Å². The third-order valence-electron chi connectivity index (χ3n) is 3.65. The number of carbonyl (C=O) groups excluding carboxylic acids is 1. The van der Waals surface area contributed by atoms with Gasteiger partial charge in [0.05, 0.1) is 0 Å². The molecule has 1 unspecified atom stereocenters. The molecule has 1 aromatic carbocycles. The highest BCUT2D eigenvalue weighted by Crippen LogP contribution is 2.23. The highest BCUT2D eigenvalue weighted by molar-refractivity contribution is 6.00. The average molecular weight is 282 g/mol. The van der Waals surface area contributed by atoms with Gasteiger partial charge in [-0.25, -0.2) is 9.97 Å². The summed E-state index contributed by atoms with van der Waals surface area (Å²) >= 11 is 0. The maximum atomic E-state index is 12.5. The van der Waals surface area contributed by atoms with E-state index in [-0.39, 0.29) is 11.9 Å². The number of rotatable bonds is 3. The Hall–Kier alpha value is -2.43. The Balaban J connectivity index is 1.73. The number of benzene rings is 1. The smallest absolute Gasteiger partial charge is 0.249 e. The van der Waals surface area contributed by atoms with Crippen LogP contribution in [0.3, 0.4) is 0 Å². The monoisotopic (exact) mass is 282 g/mol. The quantitative estimate of drug-likeness (QED) is 0.938. The van der Waals surface area contributed by atoms with Gasteiger partial charge in [0.15, 0.2) is 0 Å². The highest BCUT2D eigenvalue weighted by atomic mass is 16.2. The van der Waals surface area contributed by atoms with Crippen molar-refractivity contribution in [2.45, 2.75) is 26.3 Å². The fourth-order valence-electron chi connectivity index (χ4n) is 2.47. The summed E-state index contributed by atoms with van der Waals surface area (Å²) in [6.07, 6.45) is 2.45. The lowest BCUT2D eigenvalue weighted by atomic mass is 10.2. The third-order valence-corrected chi connectivity index (χ3v) is 3.65. The van der Waals surface area contributed by atoms with Crippen molar-refractivity contribution in [3.05, 3.63) is 47.8 Å². The van der Waals surface area contributed by atoms with Gasteiger partial charge in [-0.1, -0.05) is 17.7 Å². The number of amides is 1. The molecule has 0 radical (unpaired) electrons. The average Bonchev–Trinajstić information content (AvgIpc) is 2.81. The molecule has 0 saturated carbocycles. The molecule has 2 aromatic rings. The van der Waals surface area contributed by atoms with Gasteiger partial charge in [-0.05, 0) is 38.5 Å². The Kier molecular flexibility index (Phi) is 3.56. The van der Waals surface area contributed by atoms with E-state index in [0.29, 0.717) is 12.5 Å². The molecule has 1 aromatic heterocycles. The largest absolute Gasteiger partial charge is 0.342 e. The lowest BCUT2D eigenvalue weighted by molar-refractivity contribution is -0.117. The molecule has 0 spiro atoms. The molecule has 21 heavy (non-hydrogen) atoms. The molecular weight excluding hydrogens is 264 g/mol. The number of anilines is 2. The summed E-state index contributed by atoms with van der Waals surface area (Å²) in [5, 5.41) is 3.13. The molecule has 1 atom stereocenters. The fourth-order valence-corrected chi connectivity index (χ4v) is 2.47. The third kappa shape index (κ3) is 2.86. The topological polar surface area (TPSA) is 58.1 Å². The fraction of sp³-hybridized carbons (Fsp3) is 0.312. The van der Waals surface area contributed by atoms with E-state index in [0.717, 1.165) is 17.8 Å². The van der Waals surface area contributed by atoms with Crippen molar-refractivity contribution in [1.29, 1.82) is 0 Å². The van der Waals surface area contributed by atoms with E-state index >= 15 is 0 Å². The number of hydrogen-bond acceptors (Lipinski definition) is 4. The van der Waals surface area contributed by atoms with Crippen molar-refractivity contribution in [1.82, 2.24) is 9.97 Å². The van der Waals surface area contributed by atoms with Crippen LogP contribution in [0.2, 0.25) is 0 Å².